The highest BCUT2D eigenvalue weighted by Gasteiger charge is 2.23. The minimum absolute atomic E-state index is 0.187. The summed E-state index contributed by atoms with van der Waals surface area (Å²) in [5.74, 6) is -0.218. The molecular weight excluding hydrogens is 897 g/mol. The number of ether oxygens (including phenoxy) is 8. The summed E-state index contributed by atoms with van der Waals surface area (Å²) in [6.45, 7) is 11.6. The Bertz CT molecular complexity index is 1830. The molecule has 14 nitrogen and oxygen atoms in total. The van der Waals surface area contributed by atoms with Gasteiger partial charge in [-0.25, -0.2) is 14.4 Å². The third-order valence-corrected chi connectivity index (χ3v) is 11.9. The zero-order chi connectivity index (χ0) is 50.4. The van der Waals surface area contributed by atoms with E-state index in [1.54, 1.807) is 31.2 Å². The molecule has 0 amide bonds. The smallest absolute Gasteiger partial charge is 0.343 e. The first-order valence-corrected chi connectivity index (χ1v) is 25.8. The molecule has 0 aliphatic heterocycles. The molecule has 3 rings (SSSR count). The average Bonchev–Trinajstić information content (AvgIpc) is 3.36. The Morgan fingerprint density at radius 1 is 0.500 bits per heavy atom. The lowest BCUT2D eigenvalue weighted by Crippen LogP contribution is -2.21. The fourth-order valence-corrected chi connectivity index (χ4v) is 7.72. The Morgan fingerprint density at radius 3 is 1.41 bits per heavy atom. The summed E-state index contributed by atoms with van der Waals surface area (Å²) in [4.78, 5) is 71.2. The van der Waals surface area contributed by atoms with Gasteiger partial charge in [0.25, 0.3) is 0 Å². The lowest BCUT2D eigenvalue weighted by Gasteiger charge is -2.29. The van der Waals surface area contributed by atoms with Gasteiger partial charge >= 0.3 is 35.8 Å². The van der Waals surface area contributed by atoms with E-state index in [4.69, 9.17) is 37.9 Å². The molecule has 2 aromatic carbocycles. The van der Waals surface area contributed by atoms with Crippen LogP contribution in [-0.4, -0.2) is 88.2 Å². The van der Waals surface area contributed by atoms with E-state index in [1.165, 1.54) is 11.6 Å². The number of carbonyl (C=O) groups excluding carboxylic acids is 6. The Balaban J connectivity index is 1.08. The molecule has 1 fully saturated rings. The second-order valence-corrected chi connectivity index (χ2v) is 17.9. The number of benzene rings is 2. The molecule has 0 heterocycles. The van der Waals surface area contributed by atoms with Gasteiger partial charge in [0.05, 0.1) is 51.3 Å². The van der Waals surface area contributed by atoms with Crippen LogP contribution in [0.25, 0.3) is 0 Å². The van der Waals surface area contributed by atoms with E-state index in [-0.39, 0.29) is 24.0 Å². The van der Waals surface area contributed by atoms with Gasteiger partial charge in [-0.1, -0.05) is 31.7 Å². The van der Waals surface area contributed by atoms with Crippen molar-refractivity contribution in [3.63, 3.8) is 0 Å². The Hall–Kier alpha value is -5.50. The van der Waals surface area contributed by atoms with Crippen LogP contribution in [0.4, 0.5) is 0 Å². The highest BCUT2D eigenvalue weighted by atomic mass is 16.6. The number of unbranched alkanes of at least 4 members (excludes halogenated alkanes) is 12. The number of hydrogen-bond acceptors (Lipinski definition) is 14. The molecule has 388 valence electrons. The lowest BCUT2D eigenvalue weighted by molar-refractivity contribution is -0.145. The van der Waals surface area contributed by atoms with Gasteiger partial charge in [0.1, 0.15) is 11.5 Å². The number of rotatable bonds is 39. The van der Waals surface area contributed by atoms with Crippen molar-refractivity contribution in [2.24, 2.45) is 0 Å². The highest BCUT2D eigenvalue weighted by Crippen LogP contribution is 2.35. The summed E-state index contributed by atoms with van der Waals surface area (Å²) in [5.41, 5.74) is 2.07. The van der Waals surface area contributed by atoms with Gasteiger partial charge in [0.2, 0.25) is 0 Å². The van der Waals surface area contributed by atoms with Crippen LogP contribution in [0, 0.1) is 0 Å². The zero-order valence-electron chi connectivity index (χ0n) is 41.9. The van der Waals surface area contributed by atoms with Crippen LogP contribution in [0.2, 0.25) is 0 Å². The zero-order valence-corrected chi connectivity index (χ0v) is 41.9. The van der Waals surface area contributed by atoms with Crippen LogP contribution in [0.3, 0.4) is 0 Å². The second kappa shape index (κ2) is 37.3. The van der Waals surface area contributed by atoms with E-state index in [2.05, 4.69) is 25.3 Å². The van der Waals surface area contributed by atoms with Crippen LogP contribution in [0.1, 0.15) is 183 Å². The van der Waals surface area contributed by atoms with Crippen LogP contribution in [-0.2, 0) is 52.4 Å². The highest BCUT2D eigenvalue weighted by molar-refractivity contribution is 5.91. The quantitative estimate of drug-likeness (QED) is 0.0203. The molecule has 0 atom stereocenters. The summed E-state index contributed by atoms with van der Waals surface area (Å²) in [5, 5.41) is 0. The summed E-state index contributed by atoms with van der Waals surface area (Å²) < 4.78 is 43.6. The fourth-order valence-electron chi connectivity index (χ4n) is 7.72. The molecule has 1 aliphatic rings. The summed E-state index contributed by atoms with van der Waals surface area (Å²) >= 11 is 0. The summed E-state index contributed by atoms with van der Waals surface area (Å²) in [7, 11) is 0. The SMILES string of the molecule is C=CC(=O)OCCCCCCOc1ccc(C(=O)Oc2ccc(C3CCC(OCCCCCCOC(=O)CCCCCOC(=O)CCCCCOC(=O)CCCCCOC(=O)C(=C)C)CC3)cc2)cc1. The maximum Gasteiger partial charge on any atom is 0.343 e. The number of hydrogen-bond donors (Lipinski definition) is 0. The molecule has 70 heavy (non-hydrogen) atoms. The van der Waals surface area contributed by atoms with E-state index in [0.717, 1.165) is 103 Å². The van der Waals surface area contributed by atoms with Gasteiger partial charge in [-0.05, 0) is 183 Å². The van der Waals surface area contributed by atoms with Gasteiger partial charge in [0.15, 0.2) is 0 Å². The maximum absolute atomic E-state index is 12.8. The van der Waals surface area contributed by atoms with Gasteiger partial charge in [-0.15, -0.1) is 0 Å². The molecule has 0 spiro atoms. The number of carbonyl (C=O) groups is 6. The molecule has 0 saturated heterocycles. The van der Waals surface area contributed by atoms with Crippen LogP contribution >= 0.6 is 0 Å². The van der Waals surface area contributed by atoms with Crippen molar-refractivity contribution in [3.8, 4) is 11.5 Å². The van der Waals surface area contributed by atoms with E-state index in [1.807, 2.05) is 12.1 Å². The van der Waals surface area contributed by atoms with Crippen molar-refractivity contribution in [2.45, 2.75) is 173 Å². The van der Waals surface area contributed by atoms with Gasteiger partial charge in [-0.3, -0.25) is 14.4 Å². The molecular formula is C56H80O14. The second-order valence-electron chi connectivity index (χ2n) is 17.9. The molecule has 2 aromatic rings. The van der Waals surface area contributed by atoms with Gasteiger partial charge < -0.3 is 37.9 Å². The molecule has 0 unspecified atom stereocenters. The van der Waals surface area contributed by atoms with Crippen molar-refractivity contribution < 1.29 is 66.7 Å². The Labute approximate surface area is 416 Å². The molecule has 0 radical (unpaired) electrons. The van der Waals surface area contributed by atoms with Crippen LogP contribution in [0.15, 0.2) is 73.3 Å². The molecule has 14 heteroatoms. The van der Waals surface area contributed by atoms with Crippen molar-refractivity contribution >= 4 is 35.8 Å². The third-order valence-electron chi connectivity index (χ3n) is 11.9. The van der Waals surface area contributed by atoms with E-state index >= 15 is 0 Å². The minimum atomic E-state index is -0.417. The predicted molar refractivity (Wildman–Crippen MR) is 266 cm³/mol. The topological polar surface area (TPSA) is 176 Å². The number of esters is 6. The Morgan fingerprint density at radius 2 is 0.929 bits per heavy atom. The largest absolute Gasteiger partial charge is 0.494 e. The molecule has 1 aliphatic carbocycles. The molecule has 0 aromatic heterocycles. The molecule has 1 saturated carbocycles. The fraction of sp³-hybridized carbons (Fsp3) is 0.607. The first-order chi connectivity index (χ1) is 34.0. The maximum atomic E-state index is 12.8. The first kappa shape index (κ1) is 58.8. The van der Waals surface area contributed by atoms with Gasteiger partial charge in [-0.2, -0.15) is 0 Å². The molecule has 0 bridgehead atoms. The van der Waals surface area contributed by atoms with E-state index in [0.29, 0.717) is 126 Å². The average molecular weight is 977 g/mol. The molecule has 0 N–H and O–H groups in total. The lowest BCUT2D eigenvalue weighted by atomic mass is 9.83. The van der Waals surface area contributed by atoms with Crippen LogP contribution < -0.4 is 9.47 Å². The monoisotopic (exact) mass is 977 g/mol. The van der Waals surface area contributed by atoms with Crippen molar-refractivity contribution in [3.05, 3.63) is 84.5 Å². The van der Waals surface area contributed by atoms with Crippen molar-refractivity contribution in [2.75, 3.05) is 46.2 Å². The Kier molecular flexibility index (Phi) is 31.4. The first-order valence-electron chi connectivity index (χ1n) is 25.8. The minimum Gasteiger partial charge on any atom is -0.494 e. The van der Waals surface area contributed by atoms with Crippen LogP contribution in [0.5, 0.6) is 11.5 Å². The summed E-state index contributed by atoms with van der Waals surface area (Å²) in [6.07, 6.45) is 20.5. The standard InChI is InChI=1S/C56H80O14/c1-4-51(57)65-39-17-7-5-15-38-64-49-33-29-47(30-34-49)56(62)70-50-35-27-46(28-36-50)45-25-31-48(32-26-45)63-37-16-6-8-18-40-66-52(58)22-12-9-19-41-67-53(59)23-13-10-20-42-68-54(60)24-14-11-21-43-69-55(61)44(2)3/h4,27-30,33-36,45,48H,1-2,5-26,31-32,37-43H2,3H3. The van der Waals surface area contributed by atoms with E-state index < -0.39 is 17.9 Å². The normalized spacial score (nSPS) is 14.2. The van der Waals surface area contributed by atoms with Crippen molar-refractivity contribution in [1.29, 1.82) is 0 Å². The van der Waals surface area contributed by atoms with Gasteiger partial charge in [0, 0.05) is 37.5 Å². The van der Waals surface area contributed by atoms with Crippen molar-refractivity contribution in [1.82, 2.24) is 0 Å². The summed E-state index contributed by atoms with van der Waals surface area (Å²) in [6, 6.07) is 14.8. The van der Waals surface area contributed by atoms with E-state index in [9.17, 15) is 28.8 Å². The predicted octanol–water partition coefficient (Wildman–Crippen LogP) is 11.6. The third kappa shape index (κ3) is 28.2.